The number of ketones is 1. The molecule has 2 aliphatic rings. The highest BCUT2D eigenvalue weighted by Gasteiger charge is 2.27. The van der Waals surface area contributed by atoms with E-state index in [1.54, 1.807) is 0 Å². The van der Waals surface area contributed by atoms with E-state index >= 15 is 0 Å². The van der Waals surface area contributed by atoms with Gasteiger partial charge in [0.25, 0.3) is 0 Å². The number of Topliss-reactive ketones (excluding diaryl/α,β-unsaturated/α-hetero) is 1. The molecule has 0 N–H and O–H groups in total. The van der Waals surface area contributed by atoms with Gasteiger partial charge in [-0.2, -0.15) is 11.8 Å². The first-order valence-electron chi connectivity index (χ1n) is 7.18. The van der Waals surface area contributed by atoms with Crippen LogP contribution in [-0.4, -0.2) is 41.8 Å². The Labute approximate surface area is 119 Å². The molecule has 3 heteroatoms. The minimum atomic E-state index is 0.0632. The van der Waals surface area contributed by atoms with E-state index in [0.717, 1.165) is 29.5 Å². The Morgan fingerprint density at radius 2 is 2.00 bits per heavy atom. The van der Waals surface area contributed by atoms with Crippen LogP contribution in [0.2, 0.25) is 0 Å². The van der Waals surface area contributed by atoms with E-state index in [2.05, 4.69) is 24.1 Å². The van der Waals surface area contributed by atoms with Crippen molar-refractivity contribution < 1.29 is 4.79 Å². The van der Waals surface area contributed by atoms with Gasteiger partial charge in [0, 0.05) is 23.6 Å². The highest BCUT2D eigenvalue weighted by atomic mass is 32.2. The van der Waals surface area contributed by atoms with Gasteiger partial charge < -0.3 is 0 Å². The first kappa shape index (κ1) is 13.2. The summed E-state index contributed by atoms with van der Waals surface area (Å²) in [6.07, 6.45) is 3.99. The van der Waals surface area contributed by atoms with Crippen molar-refractivity contribution in [2.45, 2.75) is 31.2 Å². The number of carbonyl (C=O) groups excluding carboxylic acids is 1. The van der Waals surface area contributed by atoms with E-state index in [4.69, 9.17) is 0 Å². The molecule has 0 aromatic heterocycles. The third-order valence-electron chi connectivity index (χ3n) is 4.47. The average Bonchev–Trinajstić information content (AvgIpc) is 2.37. The smallest absolute Gasteiger partial charge is 0.180 e. The molecule has 1 saturated carbocycles. The Morgan fingerprint density at radius 1 is 1.26 bits per heavy atom. The quantitative estimate of drug-likeness (QED) is 0.790. The van der Waals surface area contributed by atoms with Crippen LogP contribution in [0, 0.1) is 0 Å². The van der Waals surface area contributed by atoms with Crippen molar-refractivity contribution in [3.63, 3.8) is 0 Å². The predicted octanol–water partition coefficient (Wildman–Crippen LogP) is 3.18. The molecule has 2 fully saturated rings. The number of carbonyl (C=O) groups is 1. The average molecular weight is 275 g/mol. The van der Waals surface area contributed by atoms with E-state index in [9.17, 15) is 4.79 Å². The second-order valence-electron chi connectivity index (χ2n) is 5.69. The zero-order valence-corrected chi connectivity index (χ0v) is 12.3. The highest BCUT2D eigenvalue weighted by Crippen LogP contribution is 2.36. The van der Waals surface area contributed by atoms with Crippen LogP contribution in [0.3, 0.4) is 0 Å². The van der Waals surface area contributed by atoms with Crippen molar-refractivity contribution in [3.8, 4) is 0 Å². The first-order valence-corrected chi connectivity index (χ1v) is 8.33. The van der Waals surface area contributed by atoms with Crippen LogP contribution in [0.1, 0.15) is 41.1 Å². The largest absolute Gasteiger partial charge is 0.295 e. The number of hydrogen-bond donors (Lipinski definition) is 0. The van der Waals surface area contributed by atoms with Crippen LogP contribution in [-0.2, 0) is 0 Å². The molecule has 2 nitrogen and oxygen atoms in total. The van der Waals surface area contributed by atoms with Crippen molar-refractivity contribution in [2.75, 3.05) is 25.1 Å². The van der Waals surface area contributed by atoms with E-state index in [0.29, 0.717) is 0 Å². The monoisotopic (exact) mass is 275 g/mol. The van der Waals surface area contributed by atoms with Gasteiger partial charge >= 0.3 is 0 Å². The van der Waals surface area contributed by atoms with Crippen molar-refractivity contribution in [2.24, 2.45) is 0 Å². The summed E-state index contributed by atoms with van der Waals surface area (Å²) in [5, 5.41) is 0. The molecule has 1 aromatic carbocycles. The maximum absolute atomic E-state index is 12.5. The Balaban J connectivity index is 1.72. The summed E-state index contributed by atoms with van der Waals surface area (Å²) in [5.41, 5.74) is 2.29. The lowest BCUT2D eigenvalue weighted by Gasteiger charge is -2.31. The minimum absolute atomic E-state index is 0.0632. The van der Waals surface area contributed by atoms with Gasteiger partial charge in [0.2, 0.25) is 0 Å². The van der Waals surface area contributed by atoms with E-state index in [-0.39, 0.29) is 11.8 Å². The number of benzene rings is 1. The molecule has 1 aliphatic carbocycles. The molecule has 0 spiro atoms. The Kier molecular flexibility index (Phi) is 3.94. The molecule has 1 saturated heterocycles. The molecular weight excluding hydrogens is 254 g/mol. The molecular formula is C16H21NOS. The van der Waals surface area contributed by atoms with Gasteiger partial charge in [-0.05, 0) is 31.4 Å². The van der Waals surface area contributed by atoms with Crippen LogP contribution in [0.25, 0.3) is 0 Å². The Hall–Kier alpha value is -0.800. The second kappa shape index (κ2) is 5.68. The number of hydrogen-bond acceptors (Lipinski definition) is 3. The number of likely N-dealkylation sites (N-methyl/N-ethyl adjacent to an activating group) is 1. The molecule has 102 valence electrons. The second-order valence-corrected chi connectivity index (χ2v) is 6.84. The normalized spacial score (nSPS) is 25.0. The van der Waals surface area contributed by atoms with Crippen LogP contribution < -0.4 is 0 Å². The fourth-order valence-corrected chi connectivity index (χ4v) is 4.03. The van der Waals surface area contributed by atoms with Gasteiger partial charge in [-0.3, -0.25) is 9.69 Å². The molecule has 1 aliphatic heterocycles. The third-order valence-corrected chi connectivity index (χ3v) is 5.49. The molecule has 0 bridgehead atoms. The standard InChI is InChI=1S/C16H21NOS/c1-17-9-10-19-11-15(17)16(18)14-7-5-13(6-8-14)12-3-2-4-12/h5-8,12,15H,2-4,9-11H2,1H3. The van der Waals surface area contributed by atoms with E-state index in [1.165, 1.54) is 24.8 Å². The van der Waals surface area contributed by atoms with Crippen LogP contribution in [0.5, 0.6) is 0 Å². The predicted molar refractivity (Wildman–Crippen MR) is 81.1 cm³/mol. The summed E-state index contributed by atoms with van der Waals surface area (Å²) in [4.78, 5) is 14.7. The van der Waals surface area contributed by atoms with Crippen LogP contribution >= 0.6 is 11.8 Å². The molecule has 0 amide bonds. The summed E-state index contributed by atoms with van der Waals surface area (Å²) in [6, 6.07) is 8.44. The molecule has 1 unspecified atom stereocenters. The SMILES string of the molecule is CN1CCSCC1C(=O)c1ccc(C2CCC2)cc1. The summed E-state index contributed by atoms with van der Waals surface area (Å²) >= 11 is 1.89. The molecule has 1 aromatic rings. The molecule has 0 radical (unpaired) electrons. The van der Waals surface area contributed by atoms with Crippen molar-refractivity contribution in [1.29, 1.82) is 0 Å². The van der Waals surface area contributed by atoms with Gasteiger partial charge in [0.1, 0.15) is 0 Å². The lowest BCUT2D eigenvalue weighted by Crippen LogP contribution is -2.44. The van der Waals surface area contributed by atoms with E-state index < -0.39 is 0 Å². The third kappa shape index (κ3) is 2.72. The van der Waals surface area contributed by atoms with Crippen molar-refractivity contribution in [3.05, 3.63) is 35.4 Å². The summed E-state index contributed by atoms with van der Waals surface area (Å²) in [5.74, 6) is 3.10. The zero-order chi connectivity index (χ0) is 13.2. The lowest BCUT2D eigenvalue weighted by atomic mass is 9.80. The fraction of sp³-hybridized carbons (Fsp3) is 0.562. The Bertz CT molecular complexity index is 452. The fourth-order valence-electron chi connectivity index (χ4n) is 2.82. The van der Waals surface area contributed by atoms with Gasteiger partial charge in [-0.15, -0.1) is 0 Å². The number of nitrogens with zero attached hydrogens (tertiary/aromatic N) is 1. The summed E-state index contributed by atoms with van der Waals surface area (Å²) in [6.45, 7) is 1.02. The lowest BCUT2D eigenvalue weighted by molar-refractivity contribution is 0.0874. The summed E-state index contributed by atoms with van der Waals surface area (Å²) in [7, 11) is 2.06. The van der Waals surface area contributed by atoms with Gasteiger partial charge in [0.15, 0.2) is 5.78 Å². The topological polar surface area (TPSA) is 20.3 Å². The zero-order valence-electron chi connectivity index (χ0n) is 11.5. The summed E-state index contributed by atoms with van der Waals surface area (Å²) < 4.78 is 0. The molecule has 1 atom stereocenters. The van der Waals surface area contributed by atoms with E-state index in [1.807, 2.05) is 23.9 Å². The van der Waals surface area contributed by atoms with Gasteiger partial charge in [0.05, 0.1) is 6.04 Å². The van der Waals surface area contributed by atoms with Crippen molar-refractivity contribution in [1.82, 2.24) is 4.90 Å². The maximum Gasteiger partial charge on any atom is 0.180 e. The first-order chi connectivity index (χ1) is 9.25. The molecule has 1 heterocycles. The van der Waals surface area contributed by atoms with Crippen LogP contribution in [0.4, 0.5) is 0 Å². The minimum Gasteiger partial charge on any atom is -0.295 e. The highest BCUT2D eigenvalue weighted by molar-refractivity contribution is 7.99. The van der Waals surface area contributed by atoms with Gasteiger partial charge in [-0.1, -0.05) is 30.7 Å². The molecule has 3 rings (SSSR count). The van der Waals surface area contributed by atoms with Crippen molar-refractivity contribution >= 4 is 17.5 Å². The molecule has 19 heavy (non-hydrogen) atoms. The van der Waals surface area contributed by atoms with Gasteiger partial charge in [-0.25, -0.2) is 0 Å². The number of thioether (sulfide) groups is 1. The maximum atomic E-state index is 12.5. The Morgan fingerprint density at radius 3 is 2.58 bits per heavy atom. The number of rotatable bonds is 3. The van der Waals surface area contributed by atoms with Crippen LogP contribution in [0.15, 0.2) is 24.3 Å².